The number of nitro benzene ring substituents is 1. The summed E-state index contributed by atoms with van der Waals surface area (Å²) in [7, 11) is 0. The van der Waals surface area contributed by atoms with E-state index in [1.165, 1.54) is 12.1 Å². The maximum Gasteiger partial charge on any atom is 0.270 e. The summed E-state index contributed by atoms with van der Waals surface area (Å²) in [4.78, 5) is 18.8. The number of nitriles is 1. The zero-order valence-corrected chi connectivity index (χ0v) is 13.5. The van der Waals surface area contributed by atoms with Gasteiger partial charge >= 0.3 is 0 Å². The van der Waals surface area contributed by atoms with E-state index in [9.17, 15) is 15.4 Å². The Morgan fingerprint density at radius 1 is 1.21 bits per heavy atom. The van der Waals surface area contributed by atoms with Gasteiger partial charge in [-0.3, -0.25) is 10.1 Å². The number of aromatic nitrogens is 1. The molecule has 0 spiro atoms. The average molecular weight is 344 g/mol. The molecule has 2 heterocycles. The maximum absolute atomic E-state index is 10.8. The molecule has 0 amide bonds. The van der Waals surface area contributed by atoms with E-state index in [2.05, 4.69) is 14.8 Å². The molecule has 0 bridgehead atoms. The van der Waals surface area contributed by atoms with Crippen LogP contribution in [0.5, 0.6) is 0 Å². The first-order chi connectivity index (χ1) is 11.6. The number of pyridine rings is 1. The predicted molar refractivity (Wildman–Crippen MR) is 91.5 cm³/mol. The zero-order chi connectivity index (χ0) is 17.1. The molecule has 7 nitrogen and oxygen atoms in total. The quantitative estimate of drug-likeness (QED) is 0.629. The summed E-state index contributed by atoms with van der Waals surface area (Å²) < 4.78 is 0. The second-order valence-electron chi connectivity index (χ2n) is 5.35. The van der Waals surface area contributed by atoms with Gasteiger partial charge in [-0.05, 0) is 18.2 Å². The van der Waals surface area contributed by atoms with E-state index in [0.29, 0.717) is 36.8 Å². The summed E-state index contributed by atoms with van der Waals surface area (Å²) in [6.07, 6.45) is 1.71. The van der Waals surface area contributed by atoms with Gasteiger partial charge in [0.15, 0.2) is 0 Å². The first kappa shape index (κ1) is 16.0. The Hall–Kier alpha value is -2.85. The van der Waals surface area contributed by atoms with Crippen molar-refractivity contribution in [1.29, 1.82) is 5.26 Å². The van der Waals surface area contributed by atoms with E-state index >= 15 is 0 Å². The van der Waals surface area contributed by atoms with E-state index in [1.807, 2.05) is 6.07 Å². The van der Waals surface area contributed by atoms with Crippen molar-refractivity contribution >= 4 is 28.8 Å². The fraction of sp³-hybridized carbons (Fsp3) is 0.250. The Morgan fingerprint density at radius 3 is 2.54 bits per heavy atom. The SMILES string of the molecule is N#Cc1cc([N+](=O)[O-])ccc1N1CCN(c2ncccc2Cl)CC1. The van der Waals surface area contributed by atoms with Crippen molar-refractivity contribution in [3.8, 4) is 6.07 Å². The van der Waals surface area contributed by atoms with Crippen LogP contribution >= 0.6 is 11.6 Å². The van der Waals surface area contributed by atoms with Crippen LogP contribution in [0.3, 0.4) is 0 Å². The molecule has 0 radical (unpaired) electrons. The predicted octanol–water partition coefficient (Wildman–Crippen LogP) is 2.84. The smallest absolute Gasteiger partial charge is 0.270 e. The molecule has 1 fully saturated rings. The summed E-state index contributed by atoms with van der Waals surface area (Å²) in [5, 5.41) is 20.7. The Morgan fingerprint density at radius 2 is 1.92 bits per heavy atom. The number of non-ortho nitro benzene ring substituents is 1. The standard InChI is InChI=1S/C16H14ClN5O2/c17-14-2-1-5-19-16(14)21-8-6-20(7-9-21)15-4-3-13(22(23)24)10-12(15)11-18/h1-5,10H,6-9H2. The number of halogens is 1. The number of rotatable bonds is 3. The van der Waals surface area contributed by atoms with E-state index < -0.39 is 4.92 Å². The molecule has 122 valence electrons. The number of nitro groups is 1. The molecule has 24 heavy (non-hydrogen) atoms. The third-order valence-electron chi connectivity index (χ3n) is 3.97. The first-order valence-corrected chi connectivity index (χ1v) is 7.77. The fourth-order valence-electron chi connectivity index (χ4n) is 2.77. The van der Waals surface area contributed by atoms with Crippen molar-refractivity contribution in [2.75, 3.05) is 36.0 Å². The molecular formula is C16H14ClN5O2. The van der Waals surface area contributed by atoms with Crippen LogP contribution in [0.15, 0.2) is 36.5 Å². The van der Waals surface area contributed by atoms with Gasteiger partial charge in [0.05, 0.1) is 21.2 Å². The van der Waals surface area contributed by atoms with Crippen molar-refractivity contribution in [2.45, 2.75) is 0 Å². The van der Waals surface area contributed by atoms with Gasteiger partial charge in [0.1, 0.15) is 11.9 Å². The second kappa shape index (κ2) is 6.72. The lowest BCUT2D eigenvalue weighted by molar-refractivity contribution is -0.384. The minimum absolute atomic E-state index is 0.0748. The van der Waals surface area contributed by atoms with Gasteiger partial charge in [0.25, 0.3) is 5.69 Å². The Labute approximate surface area is 143 Å². The molecule has 8 heteroatoms. The highest BCUT2D eigenvalue weighted by atomic mass is 35.5. The highest BCUT2D eigenvalue weighted by Crippen LogP contribution is 2.28. The molecule has 1 aromatic heterocycles. The molecule has 2 aromatic rings. The third-order valence-corrected chi connectivity index (χ3v) is 4.27. The lowest BCUT2D eigenvalue weighted by atomic mass is 10.1. The summed E-state index contributed by atoms with van der Waals surface area (Å²) in [5.41, 5.74) is 0.956. The summed E-state index contributed by atoms with van der Waals surface area (Å²) in [6.45, 7) is 2.77. The van der Waals surface area contributed by atoms with Crippen molar-refractivity contribution in [2.24, 2.45) is 0 Å². The molecule has 0 unspecified atom stereocenters. The zero-order valence-electron chi connectivity index (χ0n) is 12.7. The van der Waals surface area contributed by atoms with Crippen LogP contribution in [-0.2, 0) is 0 Å². The van der Waals surface area contributed by atoms with Crippen LogP contribution < -0.4 is 9.80 Å². The van der Waals surface area contributed by atoms with Gasteiger partial charge in [0.2, 0.25) is 0 Å². The van der Waals surface area contributed by atoms with Gasteiger partial charge in [-0.25, -0.2) is 4.98 Å². The molecule has 3 rings (SSSR count). The molecule has 0 N–H and O–H groups in total. The van der Waals surface area contributed by atoms with Crippen LogP contribution in [0.1, 0.15) is 5.56 Å². The number of hydrogen-bond donors (Lipinski definition) is 0. The topological polar surface area (TPSA) is 86.3 Å². The van der Waals surface area contributed by atoms with Crippen LogP contribution in [0.25, 0.3) is 0 Å². The monoisotopic (exact) mass is 343 g/mol. The Balaban J connectivity index is 1.77. The van der Waals surface area contributed by atoms with Gasteiger partial charge in [-0.1, -0.05) is 11.6 Å². The van der Waals surface area contributed by atoms with E-state index in [4.69, 9.17) is 11.6 Å². The fourth-order valence-corrected chi connectivity index (χ4v) is 3.01. The summed E-state index contributed by atoms with van der Waals surface area (Å²) in [6, 6.07) is 10.0. The number of benzene rings is 1. The average Bonchev–Trinajstić information content (AvgIpc) is 2.62. The van der Waals surface area contributed by atoms with Crippen LogP contribution in [-0.4, -0.2) is 36.1 Å². The first-order valence-electron chi connectivity index (χ1n) is 7.39. The second-order valence-corrected chi connectivity index (χ2v) is 5.76. The van der Waals surface area contributed by atoms with Gasteiger partial charge in [0, 0.05) is 44.5 Å². The summed E-state index contributed by atoms with van der Waals surface area (Å²) in [5.74, 6) is 0.753. The molecular weight excluding hydrogens is 330 g/mol. The van der Waals surface area contributed by atoms with Crippen molar-refractivity contribution < 1.29 is 4.92 Å². The number of anilines is 2. The lowest BCUT2D eigenvalue weighted by Gasteiger charge is -2.37. The minimum atomic E-state index is -0.494. The Kier molecular flexibility index (Phi) is 4.49. The molecule has 1 aliphatic rings. The van der Waals surface area contributed by atoms with Gasteiger partial charge in [-0.2, -0.15) is 5.26 Å². The molecule has 1 saturated heterocycles. The minimum Gasteiger partial charge on any atom is -0.367 e. The maximum atomic E-state index is 10.8. The van der Waals surface area contributed by atoms with Gasteiger partial charge in [-0.15, -0.1) is 0 Å². The molecule has 1 aliphatic heterocycles. The van der Waals surface area contributed by atoms with Crippen molar-refractivity contribution in [3.05, 3.63) is 57.2 Å². The van der Waals surface area contributed by atoms with Crippen molar-refractivity contribution in [1.82, 2.24) is 4.98 Å². The Bertz CT molecular complexity index is 812. The highest BCUT2D eigenvalue weighted by molar-refractivity contribution is 6.32. The van der Waals surface area contributed by atoms with Gasteiger partial charge < -0.3 is 9.80 Å². The summed E-state index contributed by atoms with van der Waals surface area (Å²) >= 11 is 6.18. The number of nitrogens with zero attached hydrogens (tertiary/aromatic N) is 5. The normalized spacial score (nSPS) is 14.3. The van der Waals surface area contributed by atoms with Crippen LogP contribution in [0.4, 0.5) is 17.2 Å². The molecule has 0 saturated carbocycles. The van der Waals surface area contributed by atoms with Crippen LogP contribution in [0, 0.1) is 21.4 Å². The number of piperazine rings is 1. The van der Waals surface area contributed by atoms with Crippen molar-refractivity contribution in [3.63, 3.8) is 0 Å². The molecule has 0 aliphatic carbocycles. The van der Waals surface area contributed by atoms with Crippen LogP contribution in [0.2, 0.25) is 5.02 Å². The molecule has 1 aromatic carbocycles. The number of hydrogen-bond acceptors (Lipinski definition) is 6. The third kappa shape index (κ3) is 3.09. The van der Waals surface area contributed by atoms with E-state index in [0.717, 1.165) is 11.5 Å². The largest absolute Gasteiger partial charge is 0.367 e. The molecule has 0 atom stereocenters. The highest BCUT2D eigenvalue weighted by Gasteiger charge is 2.22. The van der Waals surface area contributed by atoms with E-state index in [-0.39, 0.29) is 5.69 Å². The van der Waals surface area contributed by atoms with E-state index in [1.54, 1.807) is 24.4 Å². The lowest BCUT2D eigenvalue weighted by Crippen LogP contribution is -2.47.